The van der Waals surface area contributed by atoms with E-state index in [2.05, 4.69) is 284 Å². The predicted molar refractivity (Wildman–Crippen MR) is 315 cm³/mol. The molecule has 1 aliphatic carbocycles. The number of hydrogen-bond donors (Lipinski definition) is 0. The quantitative estimate of drug-likeness (QED) is 0.140. The SMILES string of the molecule is CC(C)(C)c1cc(N(c2ccccc2)c2ccccc2-c2ccccc2)c2ccc3c(C(C)(C)C)cc(N(c4cc5c6c(ccc7cccc(c76)C5(C)C)c4)c4ccccc4-c4ccccc4)c4ccc1c2c43. The molecule has 0 aliphatic heterocycles. The van der Waals surface area contributed by atoms with Crippen molar-refractivity contribution in [1.82, 2.24) is 0 Å². The highest BCUT2D eigenvalue weighted by molar-refractivity contribution is 6.30. The monoisotopic (exact) mass is 940 g/mol. The summed E-state index contributed by atoms with van der Waals surface area (Å²) < 4.78 is 0. The summed E-state index contributed by atoms with van der Waals surface area (Å²) in [5.41, 5.74) is 16.5. The van der Waals surface area contributed by atoms with Crippen molar-refractivity contribution in [2.24, 2.45) is 0 Å². The fourth-order valence-corrected chi connectivity index (χ4v) is 12.5. The van der Waals surface area contributed by atoms with Crippen LogP contribution in [0.5, 0.6) is 0 Å². The van der Waals surface area contributed by atoms with E-state index in [1.807, 2.05) is 0 Å². The van der Waals surface area contributed by atoms with Gasteiger partial charge in [-0.1, -0.05) is 225 Å². The van der Waals surface area contributed by atoms with Gasteiger partial charge in [0.05, 0.1) is 22.7 Å². The average Bonchev–Trinajstić information content (AvgIpc) is 3.64. The standard InChI is InChI=1S/C71H60N2/c1-69(2,3)58-43-63(72(49-28-16-11-17-29-49)61-33-20-18-30-51(61)45-23-12-9-13-24-45)55-39-37-54-59(70(4,5)6)44-64(56-40-38-53(58)67(55)68(54)56)73(62-34-21-19-31-52(62)46-25-14-10-15-26-46)50-41-48-36-35-47-27-22-32-57-65(47)66(48)60(42-50)71(57,7)8/h9-44H,1-8H3. The second-order valence-electron chi connectivity index (χ2n) is 22.9. The fraction of sp³-hybridized carbons (Fsp3) is 0.155. The summed E-state index contributed by atoms with van der Waals surface area (Å²) in [6, 6.07) is 82.0. The molecule has 0 N–H and O–H groups in total. The predicted octanol–water partition coefficient (Wildman–Crippen LogP) is 20.4. The van der Waals surface area contributed by atoms with Crippen molar-refractivity contribution < 1.29 is 0 Å². The van der Waals surface area contributed by atoms with Gasteiger partial charge in [0.1, 0.15) is 0 Å². The van der Waals surface area contributed by atoms with Crippen LogP contribution < -0.4 is 9.80 Å². The van der Waals surface area contributed by atoms with Crippen molar-refractivity contribution in [2.45, 2.75) is 71.6 Å². The molecular weight excluding hydrogens is 881 g/mol. The number of benzene rings is 12. The summed E-state index contributed by atoms with van der Waals surface area (Å²) in [4.78, 5) is 5.13. The van der Waals surface area contributed by atoms with Gasteiger partial charge in [-0.2, -0.15) is 0 Å². The summed E-state index contributed by atoms with van der Waals surface area (Å²) in [6.07, 6.45) is 0. The molecule has 0 radical (unpaired) electrons. The number of nitrogens with zero attached hydrogens (tertiary/aromatic N) is 2. The van der Waals surface area contributed by atoms with Crippen molar-refractivity contribution in [3.05, 3.63) is 241 Å². The van der Waals surface area contributed by atoms with Crippen LogP contribution in [0, 0.1) is 0 Å². The maximum Gasteiger partial charge on any atom is 0.0543 e. The molecular formula is C71H60N2. The van der Waals surface area contributed by atoms with Crippen LogP contribution in [0.15, 0.2) is 218 Å². The summed E-state index contributed by atoms with van der Waals surface area (Å²) in [7, 11) is 0. The molecule has 12 aromatic carbocycles. The van der Waals surface area contributed by atoms with E-state index < -0.39 is 0 Å². The minimum Gasteiger partial charge on any atom is -0.309 e. The van der Waals surface area contributed by atoms with Gasteiger partial charge in [-0.15, -0.1) is 0 Å². The summed E-state index contributed by atoms with van der Waals surface area (Å²) in [6.45, 7) is 19.1. The Balaban J connectivity index is 1.17. The lowest BCUT2D eigenvalue weighted by molar-refractivity contribution is 0.595. The topological polar surface area (TPSA) is 6.48 Å². The molecule has 0 spiro atoms. The van der Waals surface area contributed by atoms with Crippen LogP contribution in [0.4, 0.5) is 34.1 Å². The first-order valence-electron chi connectivity index (χ1n) is 26.0. The molecule has 354 valence electrons. The van der Waals surface area contributed by atoms with Crippen LogP contribution >= 0.6 is 0 Å². The Kier molecular flexibility index (Phi) is 10.1. The zero-order valence-corrected chi connectivity index (χ0v) is 43.2. The molecule has 0 unspecified atom stereocenters. The van der Waals surface area contributed by atoms with Gasteiger partial charge in [-0.3, -0.25) is 0 Å². The Hall–Kier alpha value is -8.20. The third-order valence-electron chi connectivity index (χ3n) is 16.0. The summed E-state index contributed by atoms with van der Waals surface area (Å²) >= 11 is 0. The van der Waals surface area contributed by atoms with Crippen LogP contribution in [0.2, 0.25) is 0 Å². The molecule has 0 atom stereocenters. The molecule has 0 aromatic heterocycles. The van der Waals surface area contributed by atoms with Crippen LogP contribution in [-0.2, 0) is 16.2 Å². The Bertz CT molecular complexity index is 4120. The normalized spacial score (nSPS) is 13.3. The van der Waals surface area contributed by atoms with Crippen molar-refractivity contribution in [1.29, 1.82) is 0 Å². The minimum atomic E-state index is -0.200. The van der Waals surface area contributed by atoms with Crippen molar-refractivity contribution in [3.8, 4) is 22.3 Å². The average molecular weight is 941 g/mol. The fourth-order valence-electron chi connectivity index (χ4n) is 12.5. The van der Waals surface area contributed by atoms with Crippen molar-refractivity contribution in [3.63, 3.8) is 0 Å². The first-order chi connectivity index (χ1) is 35.3. The highest BCUT2D eigenvalue weighted by Crippen LogP contribution is 2.56. The van der Waals surface area contributed by atoms with E-state index in [0.29, 0.717) is 0 Å². The Morgan fingerprint density at radius 2 is 0.753 bits per heavy atom. The Morgan fingerprint density at radius 1 is 0.315 bits per heavy atom. The zero-order valence-electron chi connectivity index (χ0n) is 43.2. The zero-order chi connectivity index (χ0) is 50.0. The van der Waals surface area contributed by atoms with Gasteiger partial charge < -0.3 is 9.80 Å². The molecule has 1 aliphatic rings. The molecule has 2 nitrogen and oxygen atoms in total. The lowest BCUT2D eigenvalue weighted by Gasteiger charge is -2.35. The van der Waals surface area contributed by atoms with Gasteiger partial charge >= 0.3 is 0 Å². The minimum absolute atomic E-state index is 0.182. The number of para-hydroxylation sites is 3. The molecule has 13 rings (SSSR count). The van der Waals surface area contributed by atoms with Gasteiger partial charge in [0.15, 0.2) is 0 Å². The van der Waals surface area contributed by atoms with Gasteiger partial charge in [0.2, 0.25) is 0 Å². The molecule has 73 heavy (non-hydrogen) atoms. The van der Waals surface area contributed by atoms with Crippen LogP contribution in [0.1, 0.15) is 77.6 Å². The lowest BCUT2D eigenvalue weighted by atomic mass is 9.77. The third kappa shape index (κ3) is 6.98. The van der Waals surface area contributed by atoms with Gasteiger partial charge in [0.25, 0.3) is 0 Å². The molecule has 0 heterocycles. The Morgan fingerprint density at radius 3 is 1.27 bits per heavy atom. The second-order valence-corrected chi connectivity index (χ2v) is 22.9. The largest absolute Gasteiger partial charge is 0.309 e. The molecule has 12 aromatic rings. The van der Waals surface area contributed by atoms with Gasteiger partial charge in [-0.05, 0) is 136 Å². The first kappa shape index (κ1) is 44.7. The first-order valence-corrected chi connectivity index (χ1v) is 26.0. The molecule has 0 bridgehead atoms. The highest BCUT2D eigenvalue weighted by atomic mass is 15.2. The van der Waals surface area contributed by atoms with Crippen LogP contribution in [0.3, 0.4) is 0 Å². The number of hydrogen-bond acceptors (Lipinski definition) is 2. The van der Waals surface area contributed by atoms with Gasteiger partial charge in [0, 0.05) is 38.7 Å². The van der Waals surface area contributed by atoms with E-state index in [0.717, 1.165) is 22.7 Å². The smallest absolute Gasteiger partial charge is 0.0543 e. The summed E-state index contributed by atoms with van der Waals surface area (Å²) in [5.74, 6) is 0. The van der Waals surface area contributed by atoms with Crippen molar-refractivity contribution >= 4 is 88.0 Å². The van der Waals surface area contributed by atoms with E-state index in [-0.39, 0.29) is 16.2 Å². The van der Waals surface area contributed by atoms with Crippen molar-refractivity contribution in [2.75, 3.05) is 9.80 Å². The molecule has 0 saturated heterocycles. The molecule has 0 fully saturated rings. The molecule has 0 amide bonds. The maximum absolute atomic E-state index is 2.61. The van der Waals surface area contributed by atoms with E-state index in [1.54, 1.807) is 0 Å². The number of anilines is 6. The van der Waals surface area contributed by atoms with E-state index >= 15 is 0 Å². The summed E-state index contributed by atoms with van der Waals surface area (Å²) in [5, 5.41) is 13.0. The second kappa shape index (κ2) is 16.4. The van der Waals surface area contributed by atoms with Crippen LogP contribution in [0.25, 0.3) is 76.1 Å². The molecule has 2 heteroatoms. The van der Waals surface area contributed by atoms with Gasteiger partial charge in [-0.25, -0.2) is 0 Å². The van der Waals surface area contributed by atoms with E-state index in [9.17, 15) is 0 Å². The number of rotatable bonds is 8. The Labute approximate surface area is 430 Å². The van der Waals surface area contributed by atoms with Crippen LogP contribution in [-0.4, -0.2) is 0 Å². The third-order valence-corrected chi connectivity index (χ3v) is 16.0. The highest BCUT2D eigenvalue weighted by Gasteiger charge is 2.36. The lowest BCUT2D eigenvalue weighted by Crippen LogP contribution is -2.19. The maximum atomic E-state index is 2.61. The van der Waals surface area contributed by atoms with E-state index in [1.165, 1.54) is 110 Å². The van der Waals surface area contributed by atoms with E-state index in [4.69, 9.17) is 0 Å². The molecule has 0 saturated carbocycles.